The fourth-order valence-corrected chi connectivity index (χ4v) is 1.68. The van der Waals surface area contributed by atoms with Gasteiger partial charge in [0.05, 0.1) is 13.2 Å². The van der Waals surface area contributed by atoms with E-state index in [1.807, 2.05) is 11.9 Å². The minimum absolute atomic E-state index is 0.0527. The van der Waals surface area contributed by atoms with Gasteiger partial charge in [-0.3, -0.25) is 4.79 Å². The molecule has 1 aliphatic rings. The summed E-state index contributed by atoms with van der Waals surface area (Å²) in [7, 11) is 2.03. The molecular weight excluding hydrogens is 244 g/mol. The van der Waals surface area contributed by atoms with Crippen LogP contribution in [0.1, 0.15) is 0 Å². The molecular formula is C11H21F2N3O2. The molecule has 0 aromatic carbocycles. The number of amides is 1. The van der Waals surface area contributed by atoms with Crippen molar-refractivity contribution in [2.24, 2.45) is 0 Å². The second kappa shape index (κ2) is 8.34. The summed E-state index contributed by atoms with van der Waals surface area (Å²) < 4.78 is 28.2. The third-order valence-corrected chi connectivity index (χ3v) is 2.80. The summed E-state index contributed by atoms with van der Waals surface area (Å²) >= 11 is 0. The highest BCUT2D eigenvalue weighted by molar-refractivity contribution is 5.78. The molecule has 18 heavy (non-hydrogen) atoms. The normalized spacial score (nSPS) is 17.4. The van der Waals surface area contributed by atoms with Gasteiger partial charge in [0.1, 0.15) is 6.61 Å². The van der Waals surface area contributed by atoms with Crippen molar-refractivity contribution in [3.8, 4) is 0 Å². The first-order valence-corrected chi connectivity index (χ1v) is 6.12. The molecule has 7 heteroatoms. The van der Waals surface area contributed by atoms with Crippen LogP contribution in [0.5, 0.6) is 0 Å². The SMILES string of the molecule is CN1CCN(C(=O)CNCCOCC(F)F)CC1. The van der Waals surface area contributed by atoms with Gasteiger partial charge in [0.2, 0.25) is 5.91 Å². The van der Waals surface area contributed by atoms with Crippen molar-refractivity contribution in [1.82, 2.24) is 15.1 Å². The van der Waals surface area contributed by atoms with Gasteiger partial charge < -0.3 is 19.9 Å². The number of rotatable bonds is 7. The number of hydrogen-bond donors (Lipinski definition) is 1. The number of ether oxygens (including phenoxy) is 1. The fourth-order valence-electron chi connectivity index (χ4n) is 1.68. The van der Waals surface area contributed by atoms with Gasteiger partial charge in [-0.1, -0.05) is 0 Å². The molecule has 1 saturated heterocycles. The van der Waals surface area contributed by atoms with Gasteiger partial charge in [-0.05, 0) is 7.05 Å². The first-order chi connectivity index (χ1) is 8.59. The van der Waals surface area contributed by atoms with Gasteiger partial charge >= 0.3 is 0 Å². The van der Waals surface area contributed by atoms with E-state index in [2.05, 4.69) is 10.2 Å². The summed E-state index contributed by atoms with van der Waals surface area (Å²) in [5.74, 6) is 0.0527. The quantitative estimate of drug-likeness (QED) is 0.638. The van der Waals surface area contributed by atoms with Crippen molar-refractivity contribution >= 4 is 5.91 Å². The number of nitrogens with one attached hydrogen (secondary N) is 1. The number of likely N-dealkylation sites (N-methyl/N-ethyl adjacent to an activating group) is 1. The summed E-state index contributed by atoms with van der Waals surface area (Å²) in [6.07, 6.45) is -2.43. The van der Waals surface area contributed by atoms with Crippen LogP contribution in [-0.4, -0.2) is 81.7 Å². The Kier molecular flexibility index (Phi) is 7.07. The minimum Gasteiger partial charge on any atom is -0.374 e. The maximum absolute atomic E-state index is 11.7. The van der Waals surface area contributed by atoms with E-state index in [1.165, 1.54) is 0 Å². The van der Waals surface area contributed by atoms with Gasteiger partial charge in [0.15, 0.2) is 0 Å². The number of hydrogen-bond acceptors (Lipinski definition) is 4. The second-order valence-electron chi connectivity index (χ2n) is 4.33. The lowest BCUT2D eigenvalue weighted by molar-refractivity contribution is -0.131. The van der Waals surface area contributed by atoms with Crippen LogP contribution < -0.4 is 5.32 Å². The van der Waals surface area contributed by atoms with E-state index in [4.69, 9.17) is 4.74 Å². The first-order valence-electron chi connectivity index (χ1n) is 6.12. The Morgan fingerprint density at radius 2 is 2.00 bits per heavy atom. The molecule has 1 N–H and O–H groups in total. The predicted octanol–water partition coefficient (Wildman–Crippen LogP) is -0.368. The lowest BCUT2D eigenvalue weighted by Crippen LogP contribution is -2.49. The van der Waals surface area contributed by atoms with E-state index in [0.29, 0.717) is 6.54 Å². The molecule has 5 nitrogen and oxygen atoms in total. The smallest absolute Gasteiger partial charge is 0.261 e. The highest BCUT2D eigenvalue weighted by atomic mass is 19.3. The lowest BCUT2D eigenvalue weighted by atomic mass is 10.3. The zero-order chi connectivity index (χ0) is 13.4. The molecule has 0 aromatic heterocycles. The van der Waals surface area contributed by atoms with Gasteiger partial charge in [0.25, 0.3) is 6.43 Å². The average molecular weight is 265 g/mol. The Hall–Kier alpha value is -0.790. The molecule has 0 aliphatic carbocycles. The molecule has 1 amide bonds. The van der Waals surface area contributed by atoms with E-state index in [0.717, 1.165) is 26.2 Å². The first kappa shape index (κ1) is 15.3. The monoisotopic (exact) mass is 265 g/mol. The third-order valence-electron chi connectivity index (χ3n) is 2.80. The molecule has 1 fully saturated rings. The lowest BCUT2D eigenvalue weighted by Gasteiger charge is -2.32. The van der Waals surface area contributed by atoms with Crippen LogP contribution >= 0.6 is 0 Å². The average Bonchev–Trinajstić information content (AvgIpc) is 2.34. The van der Waals surface area contributed by atoms with Crippen LogP contribution in [0.2, 0.25) is 0 Å². The Labute approximate surface area is 106 Å². The second-order valence-corrected chi connectivity index (χ2v) is 4.33. The van der Waals surface area contributed by atoms with E-state index in [-0.39, 0.29) is 19.1 Å². The van der Waals surface area contributed by atoms with Gasteiger partial charge in [-0.15, -0.1) is 0 Å². The molecule has 1 heterocycles. The zero-order valence-corrected chi connectivity index (χ0v) is 10.7. The topological polar surface area (TPSA) is 44.8 Å². The summed E-state index contributed by atoms with van der Waals surface area (Å²) in [5, 5.41) is 2.89. The fraction of sp³-hybridized carbons (Fsp3) is 0.909. The van der Waals surface area contributed by atoms with Crippen LogP contribution in [-0.2, 0) is 9.53 Å². The number of nitrogens with zero attached hydrogens (tertiary/aromatic N) is 2. The molecule has 1 aliphatic heterocycles. The van der Waals surface area contributed by atoms with Crippen molar-refractivity contribution in [2.45, 2.75) is 6.43 Å². The highest BCUT2D eigenvalue weighted by Gasteiger charge is 2.18. The highest BCUT2D eigenvalue weighted by Crippen LogP contribution is 1.98. The van der Waals surface area contributed by atoms with Gasteiger partial charge in [0, 0.05) is 32.7 Å². The summed E-state index contributed by atoms with van der Waals surface area (Å²) in [4.78, 5) is 15.7. The Morgan fingerprint density at radius 3 is 2.61 bits per heavy atom. The molecule has 0 radical (unpaired) electrons. The van der Waals surface area contributed by atoms with E-state index < -0.39 is 13.0 Å². The molecule has 0 saturated carbocycles. The summed E-state index contributed by atoms with van der Waals surface area (Å²) in [6, 6.07) is 0. The molecule has 0 unspecified atom stereocenters. The maximum atomic E-state index is 11.7. The van der Waals surface area contributed by atoms with Gasteiger partial charge in [-0.2, -0.15) is 0 Å². The Morgan fingerprint density at radius 1 is 1.33 bits per heavy atom. The van der Waals surface area contributed by atoms with Crippen LogP contribution in [0, 0.1) is 0 Å². The summed E-state index contributed by atoms with van der Waals surface area (Å²) in [5.41, 5.74) is 0. The largest absolute Gasteiger partial charge is 0.374 e. The Balaban J connectivity index is 2.00. The number of carbonyl (C=O) groups excluding carboxylic acids is 1. The molecule has 0 aromatic rings. The van der Waals surface area contributed by atoms with E-state index >= 15 is 0 Å². The van der Waals surface area contributed by atoms with Crippen LogP contribution in [0.3, 0.4) is 0 Å². The predicted molar refractivity (Wildman–Crippen MR) is 63.8 cm³/mol. The molecule has 0 bridgehead atoms. The minimum atomic E-state index is -2.43. The van der Waals surface area contributed by atoms with Gasteiger partial charge in [-0.25, -0.2) is 8.78 Å². The third kappa shape index (κ3) is 6.23. The van der Waals surface area contributed by atoms with Crippen LogP contribution in [0.25, 0.3) is 0 Å². The molecule has 0 atom stereocenters. The maximum Gasteiger partial charge on any atom is 0.261 e. The van der Waals surface area contributed by atoms with Crippen molar-refractivity contribution in [3.05, 3.63) is 0 Å². The number of carbonyl (C=O) groups is 1. The van der Waals surface area contributed by atoms with Crippen molar-refractivity contribution in [1.29, 1.82) is 0 Å². The van der Waals surface area contributed by atoms with Crippen molar-refractivity contribution in [2.75, 3.05) is 59.5 Å². The van der Waals surface area contributed by atoms with Crippen molar-refractivity contribution < 1.29 is 18.3 Å². The summed E-state index contributed by atoms with van der Waals surface area (Å²) in [6.45, 7) is 3.58. The zero-order valence-electron chi connectivity index (χ0n) is 10.7. The molecule has 106 valence electrons. The van der Waals surface area contributed by atoms with E-state index in [9.17, 15) is 13.6 Å². The Bertz CT molecular complexity index is 246. The van der Waals surface area contributed by atoms with Crippen LogP contribution in [0.4, 0.5) is 8.78 Å². The molecule has 1 rings (SSSR count). The molecule has 0 spiro atoms. The van der Waals surface area contributed by atoms with Crippen molar-refractivity contribution in [3.63, 3.8) is 0 Å². The van der Waals surface area contributed by atoms with E-state index in [1.54, 1.807) is 0 Å². The number of alkyl halides is 2. The number of piperazine rings is 1. The standard InChI is InChI=1S/C11H21F2N3O2/c1-15-3-5-16(6-4-15)11(17)8-14-2-7-18-9-10(12)13/h10,14H,2-9H2,1H3. The number of halogens is 2. The van der Waals surface area contributed by atoms with Crippen LogP contribution in [0.15, 0.2) is 0 Å².